The van der Waals surface area contributed by atoms with Crippen molar-refractivity contribution in [3.05, 3.63) is 39.7 Å². The van der Waals surface area contributed by atoms with Gasteiger partial charge in [-0.3, -0.25) is 14.9 Å². The van der Waals surface area contributed by atoms with Gasteiger partial charge in [0.1, 0.15) is 11.9 Å². The molecule has 0 radical (unpaired) electrons. The molecular weight excluding hydrogens is 283 g/mol. The van der Waals surface area contributed by atoms with Crippen LogP contribution in [-0.4, -0.2) is 39.4 Å². The topological polar surface area (TPSA) is 101 Å². The zero-order valence-corrected chi connectivity index (χ0v) is 11.0. The average Bonchev–Trinajstić information content (AvgIpc) is 2.45. The van der Waals surface area contributed by atoms with Gasteiger partial charge < -0.3 is 10.0 Å². The molecule has 8 heteroatoms. The number of nitro benzene ring substituents is 1. The van der Waals surface area contributed by atoms with Crippen LogP contribution in [0.2, 0.25) is 0 Å². The minimum Gasteiger partial charge on any atom is -0.480 e. The Kier molecular flexibility index (Phi) is 4.15. The number of halogens is 1. The molecule has 1 atom stereocenters. The smallest absolute Gasteiger partial charge is 0.326 e. The molecule has 1 aromatic carbocycles. The molecular formula is C13H13FN2O5. The maximum Gasteiger partial charge on any atom is 0.326 e. The zero-order valence-electron chi connectivity index (χ0n) is 11.0. The summed E-state index contributed by atoms with van der Waals surface area (Å²) in [5, 5.41) is 19.8. The van der Waals surface area contributed by atoms with Crippen molar-refractivity contribution in [1.82, 2.24) is 4.90 Å². The minimum absolute atomic E-state index is 0.213. The maximum atomic E-state index is 13.4. The van der Waals surface area contributed by atoms with Crippen molar-refractivity contribution < 1.29 is 24.0 Å². The quantitative estimate of drug-likeness (QED) is 0.677. The number of piperidine rings is 1. The molecule has 0 bridgehead atoms. The Morgan fingerprint density at radius 2 is 2.05 bits per heavy atom. The number of hydrogen-bond donors (Lipinski definition) is 1. The second-order valence-electron chi connectivity index (χ2n) is 4.80. The van der Waals surface area contributed by atoms with Crippen LogP contribution in [0.3, 0.4) is 0 Å². The number of non-ortho nitro benzene ring substituents is 1. The van der Waals surface area contributed by atoms with Crippen LogP contribution in [0.25, 0.3) is 0 Å². The van der Waals surface area contributed by atoms with E-state index in [1.807, 2.05) is 0 Å². The van der Waals surface area contributed by atoms with Crippen LogP contribution >= 0.6 is 0 Å². The van der Waals surface area contributed by atoms with Gasteiger partial charge in [-0.15, -0.1) is 0 Å². The van der Waals surface area contributed by atoms with Crippen LogP contribution in [0.1, 0.15) is 29.6 Å². The molecule has 0 unspecified atom stereocenters. The highest BCUT2D eigenvalue weighted by Crippen LogP contribution is 2.23. The summed E-state index contributed by atoms with van der Waals surface area (Å²) in [6.07, 6.45) is 1.65. The maximum absolute atomic E-state index is 13.4. The molecule has 0 saturated carbocycles. The number of carbonyl (C=O) groups excluding carboxylic acids is 1. The molecule has 1 aliphatic heterocycles. The molecule has 0 aliphatic carbocycles. The van der Waals surface area contributed by atoms with Gasteiger partial charge in [0.15, 0.2) is 0 Å². The number of aliphatic carboxylic acids is 1. The molecule has 1 aromatic rings. The van der Waals surface area contributed by atoms with Gasteiger partial charge in [0.25, 0.3) is 11.6 Å². The van der Waals surface area contributed by atoms with Crippen molar-refractivity contribution in [1.29, 1.82) is 0 Å². The lowest BCUT2D eigenvalue weighted by Crippen LogP contribution is -2.48. The third kappa shape index (κ3) is 3.15. The standard InChI is InChI=1S/C13H13FN2O5/c14-9-5-8(6-10(7-9)16(20)21)12(17)15-4-2-1-3-11(15)13(18)19/h5-7,11H,1-4H2,(H,18,19)/t11-/m0/s1. The summed E-state index contributed by atoms with van der Waals surface area (Å²) in [6.45, 7) is 0.236. The fourth-order valence-electron chi connectivity index (χ4n) is 2.40. The van der Waals surface area contributed by atoms with Gasteiger partial charge >= 0.3 is 5.97 Å². The molecule has 0 aromatic heterocycles. The first-order valence-electron chi connectivity index (χ1n) is 6.39. The van der Waals surface area contributed by atoms with E-state index in [-0.39, 0.29) is 12.1 Å². The number of carbonyl (C=O) groups is 2. The number of carboxylic acids is 1. The van der Waals surface area contributed by atoms with E-state index in [0.29, 0.717) is 25.3 Å². The number of nitrogens with zero attached hydrogens (tertiary/aromatic N) is 2. The number of likely N-dealkylation sites (tertiary alicyclic amines) is 1. The van der Waals surface area contributed by atoms with Gasteiger partial charge in [0.2, 0.25) is 0 Å². The molecule has 0 spiro atoms. The molecule has 112 valence electrons. The minimum atomic E-state index is -1.13. The van der Waals surface area contributed by atoms with Gasteiger partial charge in [-0.2, -0.15) is 0 Å². The lowest BCUT2D eigenvalue weighted by molar-refractivity contribution is -0.385. The fourth-order valence-corrected chi connectivity index (χ4v) is 2.40. The van der Waals surface area contributed by atoms with Gasteiger partial charge in [-0.05, 0) is 25.3 Å². The highest BCUT2D eigenvalue weighted by atomic mass is 19.1. The van der Waals surface area contributed by atoms with E-state index < -0.39 is 34.3 Å². The Bertz CT molecular complexity index is 604. The summed E-state index contributed by atoms with van der Waals surface area (Å²) in [7, 11) is 0. The van der Waals surface area contributed by atoms with Crippen LogP contribution in [0.5, 0.6) is 0 Å². The number of hydrogen-bond acceptors (Lipinski definition) is 4. The third-order valence-corrected chi connectivity index (χ3v) is 3.39. The summed E-state index contributed by atoms with van der Waals surface area (Å²) < 4.78 is 13.4. The van der Waals surface area contributed by atoms with Crippen LogP contribution in [0, 0.1) is 15.9 Å². The highest BCUT2D eigenvalue weighted by molar-refractivity contribution is 5.97. The van der Waals surface area contributed by atoms with E-state index in [4.69, 9.17) is 5.11 Å². The second-order valence-corrected chi connectivity index (χ2v) is 4.80. The molecule has 1 heterocycles. The summed E-state index contributed by atoms with van der Waals surface area (Å²) >= 11 is 0. The van der Waals surface area contributed by atoms with Crippen molar-refractivity contribution in [2.75, 3.05) is 6.54 Å². The number of benzene rings is 1. The number of rotatable bonds is 3. The fraction of sp³-hybridized carbons (Fsp3) is 0.385. The van der Waals surface area contributed by atoms with E-state index in [9.17, 15) is 24.1 Å². The molecule has 1 aliphatic rings. The lowest BCUT2D eigenvalue weighted by Gasteiger charge is -2.32. The van der Waals surface area contributed by atoms with Crippen LogP contribution in [-0.2, 0) is 4.79 Å². The van der Waals surface area contributed by atoms with Crippen LogP contribution in [0.15, 0.2) is 18.2 Å². The number of carboxylic acid groups (broad SMARTS) is 1. The Hall–Kier alpha value is -2.51. The first kappa shape index (κ1) is 14.9. The van der Waals surface area contributed by atoms with Gasteiger partial charge in [-0.1, -0.05) is 0 Å². The molecule has 1 saturated heterocycles. The van der Waals surface area contributed by atoms with Crippen molar-refractivity contribution in [2.45, 2.75) is 25.3 Å². The summed E-state index contributed by atoms with van der Waals surface area (Å²) in [6, 6.07) is 1.57. The van der Waals surface area contributed by atoms with E-state index in [2.05, 4.69) is 0 Å². The predicted molar refractivity (Wildman–Crippen MR) is 69.4 cm³/mol. The largest absolute Gasteiger partial charge is 0.480 e. The lowest BCUT2D eigenvalue weighted by atomic mass is 10.0. The molecule has 7 nitrogen and oxygen atoms in total. The van der Waals surface area contributed by atoms with Crippen LogP contribution in [0.4, 0.5) is 10.1 Å². The first-order valence-corrected chi connectivity index (χ1v) is 6.39. The van der Waals surface area contributed by atoms with Gasteiger partial charge in [0, 0.05) is 18.2 Å². The average molecular weight is 296 g/mol. The van der Waals surface area contributed by atoms with Crippen molar-refractivity contribution >= 4 is 17.6 Å². The molecule has 1 fully saturated rings. The normalized spacial score (nSPS) is 18.3. The monoisotopic (exact) mass is 296 g/mol. The summed E-state index contributed by atoms with van der Waals surface area (Å²) in [4.78, 5) is 34.5. The molecule has 1 N–H and O–H groups in total. The Morgan fingerprint density at radius 1 is 1.33 bits per heavy atom. The third-order valence-electron chi connectivity index (χ3n) is 3.39. The van der Waals surface area contributed by atoms with Crippen LogP contribution < -0.4 is 0 Å². The summed E-state index contributed by atoms with van der Waals surface area (Å²) in [5.74, 6) is -2.74. The van der Waals surface area contributed by atoms with Crippen molar-refractivity contribution in [2.24, 2.45) is 0 Å². The van der Waals surface area contributed by atoms with Gasteiger partial charge in [-0.25, -0.2) is 9.18 Å². The second kappa shape index (κ2) is 5.86. The number of nitro groups is 1. The molecule has 1 amide bonds. The van der Waals surface area contributed by atoms with Gasteiger partial charge in [0.05, 0.1) is 11.0 Å². The van der Waals surface area contributed by atoms with E-state index >= 15 is 0 Å². The van der Waals surface area contributed by atoms with E-state index in [1.54, 1.807) is 0 Å². The predicted octanol–water partition coefficient (Wildman–Crippen LogP) is 1.81. The van der Waals surface area contributed by atoms with Crippen molar-refractivity contribution in [3.63, 3.8) is 0 Å². The zero-order chi connectivity index (χ0) is 15.6. The van der Waals surface area contributed by atoms with Crippen molar-refractivity contribution in [3.8, 4) is 0 Å². The Labute approximate surface area is 119 Å². The molecule has 21 heavy (non-hydrogen) atoms. The van der Waals surface area contributed by atoms with E-state index in [0.717, 1.165) is 17.0 Å². The Morgan fingerprint density at radius 3 is 2.67 bits per heavy atom. The number of amides is 1. The Balaban J connectivity index is 2.34. The van der Waals surface area contributed by atoms with E-state index in [1.165, 1.54) is 0 Å². The molecule has 2 rings (SSSR count). The SMILES string of the molecule is O=C(O)[C@@H]1CCCCN1C(=O)c1cc(F)cc([N+](=O)[O-])c1. The highest BCUT2D eigenvalue weighted by Gasteiger charge is 2.33. The summed E-state index contributed by atoms with van der Waals surface area (Å²) in [5.41, 5.74) is -0.753. The first-order chi connectivity index (χ1) is 9.90.